The van der Waals surface area contributed by atoms with Gasteiger partial charge in [0.1, 0.15) is 5.75 Å². The van der Waals surface area contributed by atoms with Crippen molar-refractivity contribution >= 4 is 11.8 Å². The zero-order valence-corrected chi connectivity index (χ0v) is 11.4. The summed E-state index contributed by atoms with van der Waals surface area (Å²) in [7, 11) is 0. The second-order valence-electron chi connectivity index (χ2n) is 4.27. The van der Waals surface area contributed by atoms with Gasteiger partial charge in [-0.2, -0.15) is 8.78 Å². The molecular weight excluding hydrogens is 294 g/mol. The van der Waals surface area contributed by atoms with E-state index in [0.29, 0.717) is 5.56 Å². The molecule has 0 aliphatic carbocycles. The molecule has 2 aromatic carbocycles. The van der Waals surface area contributed by atoms with Crippen LogP contribution in [0.1, 0.15) is 20.7 Å². The molecule has 4 nitrogen and oxygen atoms in total. The van der Waals surface area contributed by atoms with E-state index in [-0.39, 0.29) is 11.3 Å². The number of carbonyl (C=O) groups is 2. The number of halogens is 2. The SMILES string of the molecule is O=C(COC(=O)c1ccccc1)c1ccc(OC(F)F)cc1. The van der Waals surface area contributed by atoms with E-state index in [0.717, 1.165) is 0 Å². The van der Waals surface area contributed by atoms with E-state index in [1.165, 1.54) is 24.3 Å². The van der Waals surface area contributed by atoms with Crippen LogP contribution in [-0.4, -0.2) is 25.0 Å². The minimum Gasteiger partial charge on any atom is -0.454 e. The maximum absolute atomic E-state index is 12.0. The van der Waals surface area contributed by atoms with E-state index in [2.05, 4.69) is 4.74 Å². The fourth-order valence-corrected chi connectivity index (χ4v) is 1.69. The Balaban J connectivity index is 1.91. The normalized spacial score (nSPS) is 10.3. The lowest BCUT2D eigenvalue weighted by atomic mass is 10.1. The van der Waals surface area contributed by atoms with E-state index in [1.807, 2.05) is 0 Å². The van der Waals surface area contributed by atoms with Gasteiger partial charge >= 0.3 is 12.6 Å². The Morgan fingerprint density at radius 2 is 1.55 bits per heavy atom. The minimum absolute atomic E-state index is 0.0483. The molecule has 2 aromatic rings. The average molecular weight is 306 g/mol. The first kappa shape index (κ1) is 15.6. The Morgan fingerprint density at radius 3 is 2.14 bits per heavy atom. The third-order valence-electron chi connectivity index (χ3n) is 2.75. The van der Waals surface area contributed by atoms with Crippen LogP contribution in [0.4, 0.5) is 8.78 Å². The highest BCUT2D eigenvalue weighted by Gasteiger charge is 2.12. The van der Waals surface area contributed by atoms with Crippen molar-refractivity contribution in [2.24, 2.45) is 0 Å². The van der Waals surface area contributed by atoms with E-state index in [4.69, 9.17) is 4.74 Å². The molecule has 0 saturated heterocycles. The predicted octanol–water partition coefficient (Wildman–Crippen LogP) is 3.33. The summed E-state index contributed by atoms with van der Waals surface area (Å²) in [6, 6.07) is 13.4. The summed E-state index contributed by atoms with van der Waals surface area (Å²) in [6.45, 7) is -3.35. The number of esters is 1. The Labute approximate surface area is 125 Å². The first-order chi connectivity index (χ1) is 10.6. The molecule has 0 saturated carbocycles. The quantitative estimate of drug-likeness (QED) is 0.607. The van der Waals surface area contributed by atoms with Gasteiger partial charge in [0.15, 0.2) is 12.4 Å². The number of ketones is 1. The van der Waals surface area contributed by atoms with Gasteiger partial charge in [-0.25, -0.2) is 4.79 Å². The molecule has 0 heterocycles. The Bertz CT molecular complexity index is 639. The van der Waals surface area contributed by atoms with Gasteiger partial charge in [-0.05, 0) is 36.4 Å². The molecule has 0 atom stereocenters. The van der Waals surface area contributed by atoms with Crippen LogP contribution in [0.5, 0.6) is 5.75 Å². The van der Waals surface area contributed by atoms with Gasteiger partial charge in [0.05, 0.1) is 5.56 Å². The first-order valence-corrected chi connectivity index (χ1v) is 6.36. The molecule has 0 aliphatic heterocycles. The molecule has 0 bridgehead atoms. The molecule has 6 heteroatoms. The molecule has 0 radical (unpaired) electrons. The molecular formula is C16H12F2O4. The summed E-state index contributed by atoms with van der Waals surface area (Å²) < 4.78 is 33.1. The summed E-state index contributed by atoms with van der Waals surface area (Å²) in [5.74, 6) is -1.09. The van der Waals surface area contributed by atoms with Gasteiger partial charge < -0.3 is 9.47 Å². The minimum atomic E-state index is -2.92. The molecule has 22 heavy (non-hydrogen) atoms. The van der Waals surface area contributed by atoms with Crippen molar-refractivity contribution < 1.29 is 27.8 Å². The maximum Gasteiger partial charge on any atom is 0.387 e. The van der Waals surface area contributed by atoms with Crippen LogP contribution >= 0.6 is 0 Å². The van der Waals surface area contributed by atoms with Crippen molar-refractivity contribution in [3.63, 3.8) is 0 Å². The Hall–Kier alpha value is -2.76. The number of hydrogen-bond acceptors (Lipinski definition) is 4. The van der Waals surface area contributed by atoms with Crippen LogP contribution in [-0.2, 0) is 4.74 Å². The van der Waals surface area contributed by atoms with Gasteiger partial charge in [0, 0.05) is 5.56 Å². The van der Waals surface area contributed by atoms with Crippen molar-refractivity contribution in [1.82, 2.24) is 0 Å². The van der Waals surface area contributed by atoms with Gasteiger partial charge in [-0.15, -0.1) is 0 Å². The smallest absolute Gasteiger partial charge is 0.387 e. The molecule has 0 unspecified atom stereocenters. The van der Waals surface area contributed by atoms with Gasteiger partial charge in [-0.1, -0.05) is 18.2 Å². The van der Waals surface area contributed by atoms with Crippen molar-refractivity contribution in [2.75, 3.05) is 6.61 Å². The molecule has 2 rings (SSSR count). The molecule has 0 amide bonds. The second-order valence-corrected chi connectivity index (χ2v) is 4.27. The summed E-state index contributed by atoms with van der Waals surface area (Å²) in [4.78, 5) is 23.5. The molecule has 0 spiro atoms. The molecule has 114 valence electrons. The number of Topliss-reactive ketones (excluding diaryl/α,β-unsaturated/α-hetero) is 1. The molecule has 0 aliphatic rings. The largest absolute Gasteiger partial charge is 0.454 e. The summed E-state index contributed by atoms with van der Waals surface area (Å²) in [5.41, 5.74) is 0.582. The van der Waals surface area contributed by atoms with E-state index < -0.39 is 25.0 Å². The van der Waals surface area contributed by atoms with Gasteiger partial charge in [0.2, 0.25) is 0 Å². The highest BCUT2D eigenvalue weighted by molar-refractivity contribution is 5.99. The van der Waals surface area contributed by atoms with Crippen LogP contribution in [0.25, 0.3) is 0 Å². The van der Waals surface area contributed by atoms with Gasteiger partial charge in [-0.3, -0.25) is 4.79 Å². The fourth-order valence-electron chi connectivity index (χ4n) is 1.69. The number of alkyl halides is 2. The second kappa shape index (κ2) is 7.31. The average Bonchev–Trinajstić information content (AvgIpc) is 2.53. The molecule has 0 N–H and O–H groups in total. The summed E-state index contributed by atoms with van der Waals surface area (Å²) in [5, 5.41) is 0. The molecule has 0 aromatic heterocycles. The fraction of sp³-hybridized carbons (Fsp3) is 0.125. The number of ether oxygens (including phenoxy) is 2. The Kier molecular flexibility index (Phi) is 5.19. The van der Waals surface area contributed by atoms with E-state index >= 15 is 0 Å². The topological polar surface area (TPSA) is 52.6 Å². The maximum atomic E-state index is 12.0. The third kappa shape index (κ3) is 4.37. The van der Waals surface area contributed by atoms with Crippen molar-refractivity contribution in [3.05, 3.63) is 65.7 Å². The highest BCUT2D eigenvalue weighted by atomic mass is 19.3. The van der Waals surface area contributed by atoms with Crippen molar-refractivity contribution in [2.45, 2.75) is 6.61 Å². The van der Waals surface area contributed by atoms with E-state index in [9.17, 15) is 18.4 Å². The summed E-state index contributed by atoms with van der Waals surface area (Å²) in [6.07, 6.45) is 0. The number of rotatable bonds is 6. The van der Waals surface area contributed by atoms with Crippen molar-refractivity contribution in [3.8, 4) is 5.75 Å². The lowest BCUT2D eigenvalue weighted by molar-refractivity contribution is -0.0498. The molecule has 0 fully saturated rings. The Morgan fingerprint density at radius 1 is 0.909 bits per heavy atom. The lowest BCUT2D eigenvalue weighted by Crippen LogP contribution is -2.14. The highest BCUT2D eigenvalue weighted by Crippen LogP contribution is 2.15. The first-order valence-electron chi connectivity index (χ1n) is 6.36. The number of hydrogen-bond donors (Lipinski definition) is 0. The number of benzene rings is 2. The van der Waals surface area contributed by atoms with Crippen LogP contribution in [0.15, 0.2) is 54.6 Å². The zero-order valence-electron chi connectivity index (χ0n) is 11.4. The monoisotopic (exact) mass is 306 g/mol. The third-order valence-corrected chi connectivity index (χ3v) is 2.75. The summed E-state index contributed by atoms with van der Waals surface area (Å²) >= 11 is 0. The standard InChI is InChI=1S/C16H12F2O4/c17-16(18)22-13-8-6-11(7-9-13)14(19)10-21-15(20)12-4-2-1-3-5-12/h1-9,16H,10H2. The van der Waals surface area contributed by atoms with Crippen LogP contribution in [0, 0.1) is 0 Å². The lowest BCUT2D eigenvalue weighted by Gasteiger charge is -2.06. The van der Waals surface area contributed by atoms with Crippen LogP contribution in [0.2, 0.25) is 0 Å². The van der Waals surface area contributed by atoms with Gasteiger partial charge in [0.25, 0.3) is 0 Å². The number of carbonyl (C=O) groups excluding carboxylic acids is 2. The zero-order chi connectivity index (χ0) is 15.9. The van der Waals surface area contributed by atoms with Crippen molar-refractivity contribution in [1.29, 1.82) is 0 Å². The van der Waals surface area contributed by atoms with Crippen LogP contribution in [0.3, 0.4) is 0 Å². The van der Waals surface area contributed by atoms with Crippen LogP contribution < -0.4 is 4.74 Å². The predicted molar refractivity (Wildman–Crippen MR) is 74.1 cm³/mol. The van der Waals surface area contributed by atoms with E-state index in [1.54, 1.807) is 30.3 Å².